The van der Waals surface area contributed by atoms with Crippen molar-refractivity contribution in [3.8, 4) is 17.1 Å². The quantitative estimate of drug-likeness (QED) is 0.646. The highest BCUT2D eigenvalue weighted by atomic mass is 32.2. The fraction of sp³-hybridized carbons (Fsp3) is 0.318. The molecule has 0 bridgehead atoms. The van der Waals surface area contributed by atoms with Crippen LogP contribution in [0.15, 0.2) is 58.8 Å². The number of fused-ring (bicyclic) bond motifs is 1. The number of aromatic nitrogens is 3. The van der Waals surface area contributed by atoms with Crippen LogP contribution in [0.2, 0.25) is 0 Å². The van der Waals surface area contributed by atoms with Crippen molar-refractivity contribution >= 4 is 23.2 Å². The molecule has 148 valence electrons. The van der Waals surface area contributed by atoms with Gasteiger partial charge in [0, 0.05) is 17.5 Å². The van der Waals surface area contributed by atoms with E-state index in [4.69, 9.17) is 9.84 Å². The molecule has 2 aromatic carbocycles. The Hall–Kier alpha value is -2.80. The van der Waals surface area contributed by atoms with Gasteiger partial charge in [0.1, 0.15) is 5.75 Å². The van der Waals surface area contributed by atoms with E-state index in [0.29, 0.717) is 18.5 Å². The summed E-state index contributed by atoms with van der Waals surface area (Å²) in [6, 6.07) is 17.1. The lowest BCUT2D eigenvalue weighted by molar-refractivity contribution is 0.341. The molecule has 0 radical (unpaired) electrons. The van der Waals surface area contributed by atoms with Crippen LogP contribution in [0.1, 0.15) is 31.7 Å². The second-order valence-electron chi connectivity index (χ2n) is 7.23. The van der Waals surface area contributed by atoms with E-state index in [9.17, 15) is 0 Å². The number of hydrogen-bond donors (Lipinski definition) is 1. The van der Waals surface area contributed by atoms with Crippen LogP contribution in [0.25, 0.3) is 11.4 Å². The number of rotatable bonds is 6. The Morgan fingerprint density at radius 3 is 2.69 bits per heavy atom. The van der Waals surface area contributed by atoms with Gasteiger partial charge < -0.3 is 10.1 Å². The van der Waals surface area contributed by atoms with Crippen molar-refractivity contribution in [1.29, 1.82) is 0 Å². The lowest BCUT2D eigenvalue weighted by Crippen LogP contribution is -2.26. The molecule has 1 aliphatic heterocycles. The van der Waals surface area contributed by atoms with E-state index >= 15 is 0 Å². The lowest BCUT2D eigenvalue weighted by Gasteiger charge is -2.27. The molecule has 29 heavy (non-hydrogen) atoms. The van der Waals surface area contributed by atoms with Gasteiger partial charge in [0.25, 0.3) is 0 Å². The SMILES string of the molecule is CCOc1ccccc1-c1nnc2n1N=C(c1ccc(NC3CCC3)cc1)CS2. The first kappa shape index (κ1) is 18.2. The molecule has 2 aliphatic rings. The zero-order chi connectivity index (χ0) is 19.6. The molecule has 0 atom stereocenters. The zero-order valence-electron chi connectivity index (χ0n) is 16.3. The van der Waals surface area contributed by atoms with Crippen molar-refractivity contribution in [2.45, 2.75) is 37.4 Å². The van der Waals surface area contributed by atoms with Crippen LogP contribution in [-0.2, 0) is 0 Å². The Morgan fingerprint density at radius 1 is 1.10 bits per heavy atom. The smallest absolute Gasteiger partial charge is 0.212 e. The van der Waals surface area contributed by atoms with Gasteiger partial charge in [-0.3, -0.25) is 0 Å². The second kappa shape index (κ2) is 7.91. The van der Waals surface area contributed by atoms with Crippen molar-refractivity contribution in [1.82, 2.24) is 14.9 Å². The third-order valence-electron chi connectivity index (χ3n) is 5.29. The summed E-state index contributed by atoms with van der Waals surface area (Å²) < 4.78 is 7.61. The van der Waals surface area contributed by atoms with Crippen molar-refractivity contribution in [3.63, 3.8) is 0 Å². The first-order valence-electron chi connectivity index (χ1n) is 10.1. The molecule has 0 unspecified atom stereocenters. The third-order valence-corrected chi connectivity index (χ3v) is 6.22. The standard InChI is InChI=1S/C22H23N5OS/c1-2-28-20-9-4-3-8-18(20)21-24-25-22-27(21)26-19(14-29-22)15-10-12-17(13-11-15)23-16-6-5-7-16/h3-4,8-13,16,23H,2,5-7,14H2,1H3. The van der Waals surface area contributed by atoms with Gasteiger partial charge in [-0.05, 0) is 56.0 Å². The largest absolute Gasteiger partial charge is 0.493 e. The molecule has 1 fully saturated rings. The molecule has 2 heterocycles. The van der Waals surface area contributed by atoms with Gasteiger partial charge in [-0.15, -0.1) is 10.2 Å². The van der Waals surface area contributed by atoms with Crippen LogP contribution in [0.4, 0.5) is 5.69 Å². The van der Waals surface area contributed by atoms with Gasteiger partial charge in [0.05, 0.1) is 17.9 Å². The Kier molecular flexibility index (Phi) is 4.97. The second-order valence-corrected chi connectivity index (χ2v) is 8.17. The van der Waals surface area contributed by atoms with Gasteiger partial charge in [0.15, 0.2) is 5.82 Å². The highest BCUT2D eigenvalue weighted by molar-refractivity contribution is 7.99. The fourth-order valence-electron chi connectivity index (χ4n) is 3.52. The highest BCUT2D eigenvalue weighted by Gasteiger charge is 2.23. The molecular formula is C22H23N5OS. The number of thioether (sulfide) groups is 1. The summed E-state index contributed by atoms with van der Waals surface area (Å²) >= 11 is 1.66. The van der Waals surface area contributed by atoms with E-state index in [1.165, 1.54) is 24.9 Å². The molecule has 1 saturated carbocycles. The van der Waals surface area contributed by atoms with E-state index in [1.54, 1.807) is 11.8 Å². The van der Waals surface area contributed by atoms with Gasteiger partial charge in [-0.2, -0.15) is 9.78 Å². The molecule has 0 amide bonds. The number of nitrogens with zero attached hydrogens (tertiary/aromatic N) is 4. The monoisotopic (exact) mass is 405 g/mol. The Labute approximate surface area is 174 Å². The summed E-state index contributed by atoms with van der Waals surface area (Å²) in [6.07, 6.45) is 3.88. The summed E-state index contributed by atoms with van der Waals surface area (Å²) in [6.45, 7) is 2.58. The molecule has 0 saturated heterocycles. The third kappa shape index (κ3) is 3.62. The maximum absolute atomic E-state index is 5.78. The summed E-state index contributed by atoms with van der Waals surface area (Å²) in [4.78, 5) is 0. The molecule has 3 aromatic rings. The molecule has 5 rings (SSSR count). The van der Waals surface area contributed by atoms with E-state index in [2.05, 4.69) is 39.8 Å². The Balaban J connectivity index is 1.45. The molecule has 0 spiro atoms. The Bertz CT molecular complexity index is 1040. The summed E-state index contributed by atoms with van der Waals surface area (Å²) in [5, 5.41) is 18.0. The molecule has 7 heteroatoms. The zero-order valence-corrected chi connectivity index (χ0v) is 17.2. The van der Waals surface area contributed by atoms with E-state index in [1.807, 2.05) is 35.9 Å². The molecule has 1 aliphatic carbocycles. The maximum atomic E-state index is 5.78. The lowest BCUT2D eigenvalue weighted by atomic mass is 9.93. The minimum Gasteiger partial charge on any atom is -0.493 e. The number of nitrogens with one attached hydrogen (secondary N) is 1. The minimum atomic E-state index is 0.600. The fourth-order valence-corrected chi connectivity index (χ4v) is 4.36. The van der Waals surface area contributed by atoms with Gasteiger partial charge in [-0.1, -0.05) is 36.0 Å². The van der Waals surface area contributed by atoms with E-state index in [0.717, 1.165) is 33.5 Å². The van der Waals surface area contributed by atoms with Crippen molar-refractivity contribution in [2.24, 2.45) is 5.10 Å². The Morgan fingerprint density at radius 2 is 1.93 bits per heavy atom. The van der Waals surface area contributed by atoms with Crippen LogP contribution < -0.4 is 10.1 Å². The average molecular weight is 406 g/mol. The average Bonchev–Trinajstić information content (AvgIpc) is 3.15. The topological polar surface area (TPSA) is 64.3 Å². The number of ether oxygens (including phenoxy) is 1. The van der Waals surface area contributed by atoms with Crippen molar-refractivity contribution < 1.29 is 4.74 Å². The van der Waals surface area contributed by atoms with Crippen LogP contribution in [0.5, 0.6) is 5.75 Å². The van der Waals surface area contributed by atoms with Crippen molar-refractivity contribution in [3.05, 3.63) is 54.1 Å². The summed E-state index contributed by atoms with van der Waals surface area (Å²) in [5.74, 6) is 2.28. The van der Waals surface area contributed by atoms with Crippen LogP contribution >= 0.6 is 11.8 Å². The first-order chi connectivity index (χ1) is 14.3. The molecule has 6 nitrogen and oxygen atoms in total. The van der Waals surface area contributed by atoms with Crippen LogP contribution in [0.3, 0.4) is 0 Å². The predicted molar refractivity (Wildman–Crippen MR) is 117 cm³/mol. The normalized spacial score (nSPS) is 16.0. The molecule has 1 N–H and O–H groups in total. The van der Waals surface area contributed by atoms with E-state index < -0.39 is 0 Å². The van der Waals surface area contributed by atoms with Crippen LogP contribution in [-0.4, -0.2) is 39.0 Å². The molecular weight excluding hydrogens is 382 g/mol. The van der Waals surface area contributed by atoms with Gasteiger partial charge in [0.2, 0.25) is 5.16 Å². The van der Waals surface area contributed by atoms with Gasteiger partial charge >= 0.3 is 0 Å². The number of benzene rings is 2. The molecule has 1 aromatic heterocycles. The summed E-state index contributed by atoms with van der Waals surface area (Å²) in [5.41, 5.74) is 4.23. The minimum absolute atomic E-state index is 0.600. The van der Waals surface area contributed by atoms with Gasteiger partial charge in [-0.25, -0.2) is 0 Å². The highest BCUT2D eigenvalue weighted by Crippen LogP contribution is 2.33. The summed E-state index contributed by atoms with van der Waals surface area (Å²) in [7, 11) is 0. The maximum Gasteiger partial charge on any atom is 0.212 e. The first-order valence-corrected chi connectivity index (χ1v) is 11.1. The number of anilines is 1. The number of para-hydroxylation sites is 1. The van der Waals surface area contributed by atoms with E-state index in [-0.39, 0.29) is 0 Å². The van der Waals surface area contributed by atoms with Crippen molar-refractivity contribution in [2.75, 3.05) is 17.7 Å². The van der Waals surface area contributed by atoms with Crippen LogP contribution in [0, 0.1) is 0 Å². The number of hydrogen-bond acceptors (Lipinski definition) is 6. The predicted octanol–water partition coefficient (Wildman–Crippen LogP) is 4.67.